The van der Waals surface area contributed by atoms with Gasteiger partial charge in [-0.3, -0.25) is 4.79 Å². The summed E-state index contributed by atoms with van der Waals surface area (Å²) < 4.78 is 5.17. The van der Waals surface area contributed by atoms with Gasteiger partial charge in [-0.05, 0) is 44.0 Å². The van der Waals surface area contributed by atoms with Crippen LogP contribution in [0, 0.1) is 0 Å². The zero-order valence-corrected chi connectivity index (χ0v) is 14.8. The van der Waals surface area contributed by atoms with Crippen molar-refractivity contribution < 1.29 is 19.2 Å². The van der Waals surface area contributed by atoms with Crippen molar-refractivity contribution in [3.63, 3.8) is 0 Å². The van der Waals surface area contributed by atoms with E-state index in [-0.39, 0.29) is 12.3 Å². The lowest BCUT2D eigenvalue weighted by atomic mass is 9.99. The Morgan fingerprint density at radius 3 is 2.60 bits per heavy atom. The molecule has 0 aliphatic carbocycles. The average Bonchev–Trinajstić information content (AvgIpc) is 3.04. The van der Waals surface area contributed by atoms with Gasteiger partial charge in [-0.2, -0.15) is 4.98 Å². The van der Waals surface area contributed by atoms with Crippen molar-refractivity contribution in [1.82, 2.24) is 15.5 Å². The lowest BCUT2D eigenvalue weighted by molar-refractivity contribution is -0.147. The first kappa shape index (κ1) is 18.9. The zero-order chi connectivity index (χ0) is 18.4. The van der Waals surface area contributed by atoms with Crippen LogP contribution in [0.1, 0.15) is 39.0 Å². The molecule has 134 valence electrons. The maximum atomic E-state index is 11.9. The minimum atomic E-state index is -1.25. The van der Waals surface area contributed by atoms with Gasteiger partial charge in [-0.25, -0.2) is 4.79 Å². The number of aromatic nitrogens is 2. The highest BCUT2D eigenvalue weighted by molar-refractivity contribution is 6.30. The highest BCUT2D eigenvalue weighted by Gasteiger charge is 2.32. The molecule has 7 nitrogen and oxygen atoms in total. The Balaban J connectivity index is 1.85. The molecule has 0 bridgehead atoms. The first-order valence-electron chi connectivity index (χ1n) is 7.97. The van der Waals surface area contributed by atoms with Crippen LogP contribution in [0.25, 0.3) is 11.4 Å². The van der Waals surface area contributed by atoms with E-state index in [0.29, 0.717) is 36.0 Å². The number of carbonyl (C=O) groups excluding carboxylic acids is 1. The summed E-state index contributed by atoms with van der Waals surface area (Å²) >= 11 is 5.84. The van der Waals surface area contributed by atoms with Crippen LogP contribution in [0.15, 0.2) is 28.8 Å². The van der Waals surface area contributed by atoms with Crippen LogP contribution in [0.4, 0.5) is 0 Å². The molecule has 1 unspecified atom stereocenters. The predicted molar refractivity (Wildman–Crippen MR) is 92.2 cm³/mol. The van der Waals surface area contributed by atoms with Gasteiger partial charge < -0.3 is 14.9 Å². The van der Waals surface area contributed by atoms with Crippen molar-refractivity contribution in [3.8, 4) is 11.4 Å². The Bertz CT molecular complexity index is 745. The van der Waals surface area contributed by atoms with Crippen molar-refractivity contribution in [3.05, 3.63) is 35.2 Å². The van der Waals surface area contributed by atoms with Crippen LogP contribution >= 0.6 is 11.6 Å². The van der Waals surface area contributed by atoms with Crippen LogP contribution in [0.5, 0.6) is 0 Å². The molecule has 0 aliphatic heterocycles. The molecule has 1 atom stereocenters. The number of halogens is 1. The summed E-state index contributed by atoms with van der Waals surface area (Å²) in [6.45, 7) is 3.20. The minimum Gasteiger partial charge on any atom is -0.480 e. The van der Waals surface area contributed by atoms with Crippen LogP contribution < -0.4 is 5.32 Å². The number of nitrogens with one attached hydrogen (secondary N) is 1. The molecule has 8 heteroatoms. The third-order valence-corrected chi connectivity index (χ3v) is 4.21. The van der Waals surface area contributed by atoms with E-state index in [4.69, 9.17) is 21.2 Å². The molecule has 1 amide bonds. The Morgan fingerprint density at radius 2 is 2.00 bits per heavy atom. The molecule has 1 aromatic carbocycles. The first-order chi connectivity index (χ1) is 11.8. The number of amides is 1. The van der Waals surface area contributed by atoms with Crippen molar-refractivity contribution in [2.24, 2.45) is 0 Å². The van der Waals surface area contributed by atoms with Crippen LogP contribution in [-0.2, 0) is 16.0 Å². The van der Waals surface area contributed by atoms with Crippen molar-refractivity contribution in [2.75, 3.05) is 0 Å². The summed E-state index contributed by atoms with van der Waals surface area (Å²) in [5, 5.41) is 16.2. The fourth-order valence-electron chi connectivity index (χ4n) is 2.14. The van der Waals surface area contributed by atoms with E-state index >= 15 is 0 Å². The number of carboxylic acids is 1. The van der Waals surface area contributed by atoms with Gasteiger partial charge in [0.05, 0.1) is 0 Å². The third-order valence-electron chi connectivity index (χ3n) is 3.96. The van der Waals surface area contributed by atoms with Gasteiger partial charge in [0, 0.05) is 23.4 Å². The maximum absolute atomic E-state index is 11.9. The van der Waals surface area contributed by atoms with Crippen LogP contribution in [-0.4, -0.2) is 32.7 Å². The van der Waals surface area contributed by atoms with Gasteiger partial charge in [0.25, 0.3) is 0 Å². The van der Waals surface area contributed by atoms with Gasteiger partial charge in [0.1, 0.15) is 5.54 Å². The molecule has 25 heavy (non-hydrogen) atoms. The number of aryl methyl sites for hydroxylation is 1. The van der Waals surface area contributed by atoms with Crippen LogP contribution in [0.2, 0.25) is 5.02 Å². The van der Waals surface area contributed by atoms with Gasteiger partial charge in [0.15, 0.2) is 0 Å². The van der Waals surface area contributed by atoms with Crippen molar-refractivity contribution in [1.29, 1.82) is 0 Å². The summed E-state index contributed by atoms with van der Waals surface area (Å²) in [6.07, 6.45) is 1.40. The van der Waals surface area contributed by atoms with Crippen LogP contribution in [0.3, 0.4) is 0 Å². The lowest BCUT2D eigenvalue weighted by Gasteiger charge is -2.24. The van der Waals surface area contributed by atoms with E-state index in [1.54, 1.807) is 31.2 Å². The van der Waals surface area contributed by atoms with E-state index in [2.05, 4.69) is 15.5 Å². The van der Waals surface area contributed by atoms with Crippen molar-refractivity contribution >= 4 is 23.5 Å². The predicted octanol–water partition coefficient (Wildman–Crippen LogP) is 3.08. The Hall–Kier alpha value is -2.41. The number of carbonyl (C=O) groups is 2. The van der Waals surface area contributed by atoms with Gasteiger partial charge in [0.2, 0.25) is 17.6 Å². The van der Waals surface area contributed by atoms with Gasteiger partial charge >= 0.3 is 5.97 Å². The zero-order valence-electron chi connectivity index (χ0n) is 14.1. The standard InChI is InChI=1S/C17H20ClN3O4/c1-3-17(2,16(23)24)20-13(22)5-4-6-14-19-15(21-25-14)11-7-9-12(18)10-8-11/h7-10H,3-6H2,1-2H3,(H,20,22)(H,23,24). The summed E-state index contributed by atoms with van der Waals surface area (Å²) in [5.74, 6) is -0.480. The maximum Gasteiger partial charge on any atom is 0.329 e. The van der Waals surface area contributed by atoms with E-state index < -0.39 is 11.5 Å². The van der Waals surface area contributed by atoms with Gasteiger partial charge in [-0.15, -0.1) is 0 Å². The Morgan fingerprint density at radius 1 is 1.32 bits per heavy atom. The smallest absolute Gasteiger partial charge is 0.329 e. The summed E-state index contributed by atoms with van der Waals surface area (Å²) in [5.41, 5.74) is -0.458. The molecular formula is C17H20ClN3O4. The number of rotatable bonds is 8. The van der Waals surface area contributed by atoms with E-state index in [0.717, 1.165) is 5.56 Å². The molecule has 0 saturated carbocycles. The lowest BCUT2D eigenvalue weighted by Crippen LogP contribution is -2.51. The largest absolute Gasteiger partial charge is 0.480 e. The SMILES string of the molecule is CCC(C)(NC(=O)CCCc1nc(-c2ccc(Cl)cc2)no1)C(=O)O. The summed E-state index contributed by atoms with van der Waals surface area (Å²) in [6, 6.07) is 7.07. The quantitative estimate of drug-likeness (QED) is 0.744. The monoisotopic (exact) mass is 365 g/mol. The number of aliphatic carboxylic acids is 1. The molecule has 0 spiro atoms. The Kier molecular flexibility index (Phi) is 6.14. The molecule has 0 saturated heterocycles. The molecular weight excluding hydrogens is 346 g/mol. The van der Waals surface area contributed by atoms with Crippen molar-refractivity contribution in [2.45, 2.75) is 45.1 Å². The summed E-state index contributed by atoms with van der Waals surface area (Å²) in [4.78, 5) is 27.4. The third kappa shape index (κ3) is 5.03. The fraction of sp³-hybridized carbons (Fsp3) is 0.412. The molecule has 2 N–H and O–H groups in total. The second kappa shape index (κ2) is 8.11. The second-order valence-corrected chi connectivity index (χ2v) is 6.35. The molecule has 2 rings (SSSR count). The summed E-state index contributed by atoms with van der Waals surface area (Å²) in [7, 11) is 0. The molecule has 0 fully saturated rings. The second-order valence-electron chi connectivity index (χ2n) is 5.91. The number of hydrogen-bond donors (Lipinski definition) is 2. The number of benzene rings is 1. The number of carboxylic acid groups (broad SMARTS) is 1. The molecule has 2 aromatic rings. The first-order valence-corrected chi connectivity index (χ1v) is 8.35. The van der Waals surface area contributed by atoms with Gasteiger partial charge in [-0.1, -0.05) is 23.7 Å². The molecule has 0 aliphatic rings. The minimum absolute atomic E-state index is 0.182. The Labute approximate surface area is 150 Å². The topological polar surface area (TPSA) is 105 Å². The average molecular weight is 366 g/mol. The normalized spacial score (nSPS) is 13.2. The molecule has 1 heterocycles. The molecule has 1 aromatic heterocycles. The molecule has 0 radical (unpaired) electrons. The highest BCUT2D eigenvalue weighted by atomic mass is 35.5. The fourth-order valence-corrected chi connectivity index (χ4v) is 2.26. The van der Waals surface area contributed by atoms with E-state index in [9.17, 15) is 9.59 Å². The van der Waals surface area contributed by atoms with E-state index in [1.165, 1.54) is 6.92 Å². The number of nitrogens with zero attached hydrogens (tertiary/aromatic N) is 2. The van der Waals surface area contributed by atoms with E-state index in [1.807, 2.05) is 0 Å². The highest BCUT2D eigenvalue weighted by Crippen LogP contribution is 2.19. The number of hydrogen-bond acceptors (Lipinski definition) is 5.